The van der Waals surface area contributed by atoms with E-state index < -0.39 is 0 Å². The maximum atomic E-state index is 3.91. The van der Waals surface area contributed by atoms with Gasteiger partial charge in [-0.1, -0.05) is 23.8 Å². The molecule has 0 bridgehead atoms. The van der Waals surface area contributed by atoms with Gasteiger partial charge in [0.05, 0.1) is 0 Å². The van der Waals surface area contributed by atoms with Crippen molar-refractivity contribution in [2.75, 3.05) is 0 Å². The van der Waals surface area contributed by atoms with Crippen molar-refractivity contribution in [3.05, 3.63) is 30.0 Å². The van der Waals surface area contributed by atoms with E-state index >= 15 is 0 Å². The van der Waals surface area contributed by atoms with Crippen LogP contribution in [0.15, 0.2) is 24.4 Å². The second kappa shape index (κ2) is 3.94. The Kier molecular flexibility index (Phi) is 3.43. The van der Waals surface area contributed by atoms with E-state index in [2.05, 4.69) is 23.2 Å². The minimum Gasteiger partial charge on any atom is -0.575 e. The Bertz CT molecular complexity index is 354. The van der Waals surface area contributed by atoms with Crippen molar-refractivity contribution in [1.82, 2.24) is 10.2 Å². The molecule has 0 N–H and O–H groups in total. The molecule has 0 aliphatic carbocycles. The average Bonchev–Trinajstić information content (AvgIpc) is 2.33. The molecule has 0 aliphatic heterocycles. The van der Waals surface area contributed by atoms with Gasteiger partial charge in [0, 0.05) is 6.20 Å². The van der Waals surface area contributed by atoms with Crippen LogP contribution in [-0.2, 0) is 0 Å². The van der Waals surface area contributed by atoms with Crippen molar-refractivity contribution >= 4 is 10.9 Å². The summed E-state index contributed by atoms with van der Waals surface area (Å²) in [6, 6.07) is 6.10. The number of aromatic nitrogens is 2. The van der Waals surface area contributed by atoms with Gasteiger partial charge < -0.3 is 10.2 Å². The molecule has 1 heterocycles. The Balaban J connectivity index is 0.000000605. The second-order valence-corrected chi connectivity index (χ2v) is 2.41. The fraction of sp³-hybridized carbons (Fsp3) is 0.125. The van der Waals surface area contributed by atoms with Gasteiger partial charge >= 0.3 is 58.2 Å². The molecule has 0 fully saturated rings. The molecule has 2 aromatic rings. The zero-order chi connectivity index (χ0) is 6.97. The van der Waals surface area contributed by atoms with E-state index in [0.29, 0.717) is 0 Å². The number of nitrogens with zero attached hydrogens (tertiary/aromatic N) is 2. The minimum absolute atomic E-state index is 0. The van der Waals surface area contributed by atoms with Crippen LogP contribution in [0.2, 0.25) is 0 Å². The summed E-state index contributed by atoms with van der Waals surface area (Å²) >= 11 is 0. The van der Waals surface area contributed by atoms with Crippen LogP contribution in [0, 0.1) is 6.92 Å². The van der Waals surface area contributed by atoms with E-state index in [9.17, 15) is 0 Å². The maximum Gasteiger partial charge on any atom is 1.00 e. The molecule has 1 aromatic carbocycles. The Hall–Kier alpha value is 0.495. The third-order valence-corrected chi connectivity index (χ3v) is 1.55. The second-order valence-electron chi connectivity index (χ2n) is 2.41. The molecular formula is C8H7N2Rb. The zero-order valence-corrected chi connectivity index (χ0v) is 11.6. The summed E-state index contributed by atoms with van der Waals surface area (Å²) in [6.07, 6.45) is 1.78. The van der Waals surface area contributed by atoms with E-state index in [0.717, 1.165) is 10.9 Å². The van der Waals surface area contributed by atoms with Crippen molar-refractivity contribution in [2.24, 2.45) is 0 Å². The van der Waals surface area contributed by atoms with Crippen LogP contribution in [0.25, 0.3) is 10.9 Å². The van der Waals surface area contributed by atoms with E-state index in [1.807, 2.05) is 12.1 Å². The number of aryl methyl sites for hydroxylation is 1. The predicted octanol–water partition coefficient (Wildman–Crippen LogP) is -1.50. The summed E-state index contributed by atoms with van der Waals surface area (Å²) in [4.78, 5) is 0. The number of rotatable bonds is 0. The Morgan fingerprint density at radius 3 is 3.00 bits per heavy atom. The SMILES string of the molecule is Cc1ccc2[n-]ncc2c1.[Rb+]. The fourth-order valence-electron chi connectivity index (χ4n) is 1.02. The third kappa shape index (κ3) is 1.99. The molecule has 0 unspecified atom stereocenters. The quantitative estimate of drug-likeness (QED) is 0.536. The van der Waals surface area contributed by atoms with Crippen LogP contribution in [0.1, 0.15) is 5.56 Å². The van der Waals surface area contributed by atoms with Gasteiger partial charge in [-0.25, -0.2) is 0 Å². The summed E-state index contributed by atoms with van der Waals surface area (Å²) in [7, 11) is 0. The molecule has 3 heteroatoms. The third-order valence-electron chi connectivity index (χ3n) is 1.55. The number of benzene rings is 1. The standard InChI is InChI=1S/C8H7N2.Rb/c1-6-2-3-8-7(4-6)5-9-10-8;/h2-5H,1H3;/q-1;+1. The van der Waals surface area contributed by atoms with Crippen molar-refractivity contribution in [1.29, 1.82) is 0 Å². The molecule has 0 saturated carbocycles. The maximum absolute atomic E-state index is 3.91. The predicted molar refractivity (Wildman–Crippen MR) is 39.8 cm³/mol. The topological polar surface area (TPSA) is 27.0 Å². The summed E-state index contributed by atoms with van der Waals surface area (Å²) in [5.41, 5.74) is 2.23. The molecule has 0 radical (unpaired) electrons. The molecule has 2 rings (SSSR count). The fourth-order valence-corrected chi connectivity index (χ4v) is 1.02. The molecule has 2 nitrogen and oxygen atoms in total. The molecule has 50 valence electrons. The van der Waals surface area contributed by atoms with Gasteiger partial charge in [0.15, 0.2) is 0 Å². The molecule has 0 amide bonds. The largest absolute Gasteiger partial charge is 1.00 e. The first-order chi connectivity index (χ1) is 4.86. The van der Waals surface area contributed by atoms with E-state index in [4.69, 9.17) is 0 Å². The van der Waals surface area contributed by atoms with Gasteiger partial charge in [0.25, 0.3) is 0 Å². The first-order valence-corrected chi connectivity index (χ1v) is 3.21. The van der Waals surface area contributed by atoms with Crippen LogP contribution in [-0.4, -0.2) is 5.10 Å². The van der Waals surface area contributed by atoms with E-state index in [-0.39, 0.29) is 58.2 Å². The Morgan fingerprint density at radius 1 is 1.36 bits per heavy atom. The van der Waals surface area contributed by atoms with Gasteiger partial charge in [-0.15, -0.1) is 5.52 Å². The first-order valence-electron chi connectivity index (χ1n) is 3.21. The molecule has 1 aromatic heterocycles. The normalized spacial score (nSPS) is 9.55. The molecule has 0 atom stereocenters. The molecule has 0 spiro atoms. The van der Waals surface area contributed by atoms with Gasteiger partial charge in [-0.3, -0.25) is 0 Å². The van der Waals surface area contributed by atoms with Crippen molar-refractivity contribution in [3.8, 4) is 0 Å². The van der Waals surface area contributed by atoms with Crippen LogP contribution in [0.3, 0.4) is 0 Å². The van der Waals surface area contributed by atoms with Crippen molar-refractivity contribution < 1.29 is 58.2 Å². The smallest absolute Gasteiger partial charge is 0.575 e. The van der Waals surface area contributed by atoms with Gasteiger partial charge in [0.2, 0.25) is 0 Å². The number of hydrogen-bond donors (Lipinski definition) is 0. The van der Waals surface area contributed by atoms with Gasteiger partial charge in [-0.2, -0.15) is 0 Å². The monoisotopic (exact) mass is 216 g/mol. The van der Waals surface area contributed by atoms with Gasteiger partial charge in [0.1, 0.15) is 0 Å². The van der Waals surface area contributed by atoms with E-state index in [1.54, 1.807) is 6.20 Å². The molecule has 11 heavy (non-hydrogen) atoms. The van der Waals surface area contributed by atoms with Crippen molar-refractivity contribution in [2.45, 2.75) is 6.92 Å². The average molecular weight is 217 g/mol. The molecule has 0 saturated heterocycles. The van der Waals surface area contributed by atoms with Crippen LogP contribution in [0.4, 0.5) is 0 Å². The zero-order valence-electron chi connectivity index (χ0n) is 6.70. The molecular weight excluding hydrogens is 210 g/mol. The molecule has 0 aliphatic rings. The van der Waals surface area contributed by atoms with Crippen LogP contribution >= 0.6 is 0 Å². The Labute approximate surface area is 114 Å². The summed E-state index contributed by atoms with van der Waals surface area (Å²) in [5, 5.41) is 8.83. The van der Waals surface area contributed by atoms with Crippen molar-refractivity contribution in [3.63, 3.8) is 0 Å². The number of hydrogen-bond acceptors (Lipinski definition) is 1. The van der Waals surface area contributed by atoms with E-state index in [1.165, 1.54) is 5.56 Å². The minimum atomic E-state index is 0. The van der Waals surface area contributed by atoms with Crippen LogP contribution in [0.5, 0.6) is 0 Å². The summed E-state index contributed by atoms with van der Waals surface area (Å²) in [5.74, 6) is 0. The first kappa shape index (κ1) is 9.58. The number of fused-ring (bicyclic) bond motifs is 1. The summed E-state index contributed by atoms with van der Waals surface area (Å²) in [6.45, 7) is 2.06. The summed E-state index contributed by atoms with van der Waals surface area (Å²) < 4.78 is 0. The Morgan fingerprint density at radius 2 is 2.18 bits per heavy atom. The van der Waals surface area contributed by atoms with Crippen LogP contribution < -0.4 is 63.3 Å². The van der Waals surface area contributed by atoms with Gasteiger partial charge in [-0.05, 0) is 12.3 Å².